The van der Waals surface area contributed by atoms with Crippen molar-refractivity contribution in [3.05, 3.63) is 126 Å². The number of aryl methyl sites for hydroxylation is 1. The second kappa shape index (κ2) is 13.2. The van der Waals surface area contributed by atoms with E-state index in [1.807, 2.05) is 56.3 Å². The minimum Gasteiger partial charge on any atom is -0.325 e. The third kappa shape index (κ3) is 8.15. The fourth-order valence-corrected chi connectivity index (χ4v) is 4.48. The summed E-state index contributed by atoms with van der Waals surface area (Å²) in [5, 5.41) is 8.15. The number of amides is 3. The zero-order chi connectivity index (χ0) is 27.6. The van der Waals surface area contributed by atoms with Crippen LogP contribution in [0.5, 0.6) is 0 Å². The molecule has 3 aromatic carbocycles. The van der Waals surface area contributed by atoms with Crippen molar-refractivity contribution in [3.63, 3.8) is 0 Å². The van der Waals surface area contributed by atoms with Gasteiger partial charge in [0.05, 0.1) is 5.25 Å². The van der Waals surface area contributed by atoms with E-state index >= 15 is 0 Å². The zero-order valence-corrected chi connectivity index (χ0v) is 22.4. The summed E-state index contributed by atoms with van der Waals surface area (Å²) in [6.07, 6.45) is 4.80. The molecule has 4 aromatic rings. The molecule has 196 valence electrons. The van der Waals surface area contributed by atoms with Crippen LogP contribution in [0.1, 0.15) is 28.4 Å². The van der Waals surface area contributed by atoms with Crippen LogP contribution in [-0.2, 0) is 9.59 Å². The second-order valence-corrected chi connectivity index (χ2v) is 10.2. The van der Waals surface area contributed by atoms with Gasteiger partial charge in [-0.2, -0.15) is 0 Å². The van der Waals surface area contributed by atoms with Gasteiger partial charge in [0.15, 0.2) is 0 Å². The zero-order valence-electron chi connectivity index (χ0n) is 21.5. The normalized spacial score (nSPS) is 11.8. The average Bonchev–Trinajstić information content (AvgIpc) is 2.94. The van der Waals surface area contributed by atoms with Crippen LogP contribution in [-0.4, -0.2) is 28.0 Å². The highest BCUT2D eigenvalue weighted by Gasteiger charge is 2.17. The van der Waals surface area contributed by atoms with Crippen molar-refractivity contribution in [2.45, 2.75) is 24.0 Å². The number of hydrogen-bond donors (Lipinski definition) is 3. The summed E-state index contributed by atoms with van der Waals surface area (Å²) in [5.74, 6) is -0.970. The smallest absolute Gasteiger partial charge is 0.272 e. The van der Waals surface area contributed by atoms with Gasteiger partial charge in [-0.25, -0.2) is 0 Å². The van der Waals surface area contributed by atoms with Gasteiger partial charge < -0.3 is 16.0 Å². The van der Waals surface area contributed by atoms with Gasteiger partial charge in [-0.15, -0.1) is 11.8 Å². The number of nitrogens with zero attached hydrogens (tertiary/aromatic N) is 1. The predicted octanol–water partition coefficient (Wildman–Crippen LogP) is 5.92. The van der Waals surface area contributed by atoms with E-state index in [9.17, 15) is 14.4 Å². The molecule has 1 aromatic heterocycles. The molecule has 0 saturated carbocycles. The fraction of sp³-hybridized carbons (Fsp3) is 0.0968. The summed E-state index contributed by atoms with van der Waals surface area (Å²) in [4.78, 5) is 43.5. The Bertz CT molecular complexity index is 1470. The lowest BCUT2D eigenvalue weighted by molar-refractivity contribution is -0.115. The first kappa shape index (κ1) is 27.3. The number of anilines is 2. The number of nitrogens with one attached hydrogen (secondary N) is 3. The largest absolute Gasteiger partial charge is 0.325 e. The molecule has 1 heterocycles. The maximum absolute atomic E-state index is 13.2. The molecular formula is C31H28N4O3S. The molecule has 0 aliphatic carbocycles. The molecule has 1 unspecified atom stereocenters. The van der Waals surface area contributed by atoms with Gasteiger partial charge in [0.25, 0.3) is 11.8 Å². The molecule has 4 rings (SSSR count). The van der Waals surface area contributed by atoms with Crippen molar-refractivity contribution in [3.8, 4) is 0 Å². The number of rotatable bonds is 9. The van der Waals surface area contributed by atoms with Gasteiger partial charge in [0, 0.05) is 34.2 Å². The van der Waals surface area contributed by atoms with Crippen LogP contribution in [0.25, 0.3) is 6.08 Å². The van der Waals surface area contributed by atoms with Gasteiger partial charge in [-0.1, -0.05) is 36.4 Å². The van der Waals surface area contributed by atoms with Gasteiger partial charge in [-0.3, -0.25) is 19.4 Å². The number of carbonyl (C=O) groups excluding carboxylic acids is 3. The molecule has 39 heavy (non-hydrogen) atoms. The van der Waals surface area contributed by atoms with E-state index in [2.05, 4.69) is 20.9 Å². The molecule has 7 nitrogen and oxygen atoms in total. The van der Waals surface area contributed by atoms with Crippen LogP contribution in [0.4, 0.5) is 11.4 Å². The van der Waals surface area contributed by atoms with Crippen molar-refractivity contribution < 1.29 is 14.4 Å². The molecule has 8 heteroatoms. The van der Waals surface area contributed by atoms with Crippen LogP contribution >= 0.6 is 11.8 Å². The van der Waals surface area contributed by atoms with E-state index in [4.69, 9.17) is 0 Å². The summed E-state index contributed by atoms with van der Waals surface area (Å²) in [6.45, 7) is 3.82. The third-order valence-electron chi connectivity index (χ3n) is 5.60. The second-order valence-electron chi connectivity index (χ2n) is 8.76. The lowest BCUT2D eigenvalue weighted by Gasteiger charge is -2.14. The highest BCUT2D eigenvalue weighted by molar-refractivity contribution is 8.00. The minimum absolute atomic E-state index is 0.0803. The fourth-order valence-electron chi connectivity index (χ4n) is 3.61. The van der Waals surface area contributed by atoms with Gasteiger partial charge in [-0.05, 0) is 85.6 Å². The van der Waals surface area contributed by atoms with Crippen LogP contribution in [0.2, 0.25) is 0 Å². The Morgan fingerprint density at radius 1 is 0.846 bits per heavy atom. The number of pyridine rings is 1. The monoisotopic (exact) mass is 536 g/mol. The van der Waals surface area contributed by atoms with Crippen LogP contribution in [0, 0.1) is 6.92 Å². The summed E-state index contributed by atoms with van der Waals surface area (Å²) in [6, 6.07) is 27.1. The molecule has 0 bridgehead atoms. The van der Waals surface area contributed by atoms with E-state index < -0.39 is 11.8 Å². The number of benzene rings is 3. The minimum atomic E-state index is -0.477. The third-order valence-corrected chi connectivity index (χ3v) is 6.72. The molecule has 0 radical (unpaired) electrons. The molecule has 0 saturated heterocycles. The molecule has 0 aliphatic rings. The number of aromatic nitrogens is 1. The highest BCUT2D eigenvalue weighted by atomic mass is 32.2. The molecular weight excluding hydrogens is 508 g/mol. The Morgan fingerprint density at radius 3 is 2.31 bits per heavy atom. The average molecular weight is 537 g/mol. The van der Waals surface area contributed by atoms with Crippen LogP contribution in [0.3, 0.4) is 0 Å². The predicted molar refractivity (Wildman–Crippen MR) is 156 cm³/mol. The first-order valence-corrected chi connectivity index (χ1v) is 13.2. The van der Waals surface area contributed by atoms with E-state index in [1.54, 1.807) is 67.0 Å². The molecule has 0 aliphatic heterocycles. The van der Waals surface area contributed by atoms with Gasteiger partial charge >= 0.3 is 0 Å². The summed E-state index contributed by atoms with van der Waals surface area (Å²) in [7, 11) is 0. The van der Waals surface area contributed by atoms with E-state index in [0.29, 0.717) is 16.8 Å². The van der Waals surface area contributed by atoms with Crippen molar-refractivity contribution >= 4 is 46.9 Å². The number of thioether (sulfide) groups is 1. The highest BCUT2D eigenvalue weighted by Crippen LogP contribution is 2.26. The van der Waals surface area contributed by atoms with Gasteiger partial charge in [0.1, 0.15) is 5.70 Å². The van der Waals surface area contributed by atoms with E-state index in [-0.39, 0.29) is 16.9 Å². The maximum atomic E-state index is 13.2. The molecule has 0 fully saturated rings. The van der Waals surface area contributed by atoms with E-state index in [0.717, 1.165) is 16.1 Å². The van der Waals surface area contributed by atoms with Crippen LogP contribution in [0.15, 0.2) is 114 Å². The lowest BCUT2D eigenvalue weighted by Crippen LogP contribution is -2.30. The quantitative estimate of drug-likeness (QED) is 0.182. The number of hydrogen-bond acceptors (Lipinski definition) is 5. The number of carbonyl (C=O) groups is 3. The Kier molecular flexibility index (Phi) is 9.26. The molecule has 0 spiro atoms. The van der Waals surface area contributed by atoms with Gasteiger partial charge in [0.2, 0.25) is 5.91 Å². The topological polar surface area (TPSA) is 100 Å². The van der Waals surface area contributed by atoms with Crippen molar-refractivity contribution in [2.75, 3.05) is 10.6 Å². The van der Waals surface area contributed by atoms with Crippen molar-refractivity contribution in [2.24, 2.45) is 0 Å². The molecule has 3 N–H and O–H groups in total. The summed E-state index contributed by atoms with van der Waals surface area (Å²) in [5.41, 5.74) is 3.57. The standard InChI is InChI=1S/C31H28N4O3S/c1-21-8-6-12-26(18-21)34-29(36)22(2)39-27-15-13-25(14-16-27)33-31(38)28(19-23-9-7-17-32-20-23)35-30(37)24-10-4-3-5-11-24/h3-20,22H,1-2H3,(H,33,38)(H,34,36)(H,35,37)/b28-19-. The van der Waals surface area contributed by atoms with E-state index in [1.165, 1.54) is 11.8 Å². The Balaban J connectivity index is 1.41. The first-order chi connectivity index (χ1) is 18.9. The first-order valence-electron chi connectivity index (χ1n) is 12.3. The lowest BCUT2D eigenvalue weighted by atomic mass is 10.2. The summed E-state index contributed by atoms with van der Waals surface area (Å²) < 4.78 is 0. The maximum Gasteiger partial charge on any atom is 0.272 e. The van der Waals surface area contributed by atoms with Crippen LogP contribution < -0.4 is 16.0 Å². The Morgan fingerprint density at radius 2 is 1.62 bits per heavy atom. The molecule has 1 atom stereocenters. The Hall–Kier alpha value is -4.69. The van der Waals surface area contributed by atoms with Crippen molar-refractivity contribution in [1.29, 1.82) is 0 Å². The molecule has 3 amide bonds. The van der Waals surface area contributed by atoms with Crippen molar-refractivity contribution in [1.82, 2.24) is 10.3 Å². The Labute approximate surface area is 231 Å². The SMILES string of the molecule is Cc1cccc(NC(=O)C(C)Sc2ccc(NC(=O)/C(=C/c3cccnc3)NC(=O)c3ccccc3)cc2)c1. The summed E-state index contributed by atoms with van der Waals surface area (Å²) >= 11 is 1.42.